The Balaban J connectivity index is 1.49. The van der Waals surface area contributed by atoms with Crippen LogP contribution in [0.1, 0.15) is 37.7 Å². The summed E-state index contributed by atoms with van der Waals surface area (Å²) in [5.41, 5.74) is 0.555. The molecule has 0 radical (unpaired) electrons. The van der Waals surface area contributed by atoms with Crippen molar-refractivity contribution in [3.63, 3.8) is 0 Å². The van der Waals surface area contributed by atoms with Crippen molar-refractivity contribution in [2.75, 3.05) is 13.2 Å². The van der Waals surface area contributed by atoms with Crippen LogP contribution in [0.15, 0.2) is 30.3 Å². The summed E-state index contributed by atoms with van der Waals surface area (Å²) in [6.07, 6.45) is 3.08. The Hall–Kier alpha value is -1.72. The van der Waals surface area contributed by atoms with Crippen LogP contribution in [0, 0.1) is 5.41 Å². The number of benzene rings is 1. The molecule has 2 fully saturated rings. The first-order valence-corrected chi connectivity index (χ1v) is 8.25. The molecule has 0 bridgehead atoms. The van der Waals surface area contributed by atoms with Crippen LogP contribution in [0.2, 0.25) is 0 Å². The van der Waals surface area contributed by atoms with Gasteiger partial charge < -0.3 is 9.84 Å². The lowest BCUT2D eigenvalue weighted by molar-refractivity contribution is -0.143. The highest BCUT2D eigenvalue weighted by Crippen LogP contribution is 2.46. The quantitative estimate of drug-likeness (QED) is 0.814. The second kappa shape index (κ2) is 6.81. The molecule has 1 atom stereocenters. The molecule has 0 aromatic heterocycles. The predicted molar refractivity (Wildman–Crippen MR) is 84.3 cm³/mol. The van der Waals surface area contributed by atoms with Crippen LogP contribution in [-0.4, -0.2) is 41.1 Å². The average Bonchev–Trinajstić information content (AvgIpc) is 3.10. The topological polar surface area (TPSA) is 66.8 Å². The number of aliphatic hydroxyl groups excluding tert-OH is 1. The molecule has 2 aliphatic rings. The molecule has 1 aliphatic carbocycles. The third kappa shape index (κ3) is 3.46. The van der Waals surface area contributed by atoms with Crippen LogP contribution >= 0.6 is 0 Å². The SMILES string of the molecule is O=C1CC2(CCCC2)C(=O)N1C[C@H](O)COCc1ccccc1. The van der Waals surface area contributed by atoms with Crippen molar-refractivity contribution < 1.29 is 19.4 Å². The van der Waals surface area contributed by atoms with Gasteiger partial charge in [0.05, 0.1) is 31.3 Å². The Kier molecular flexibility index (Phi) is 4.78. The zero-order chi connectivity index (χ0) is 16.3. The van der Waals surface area contributed by atoms with Crippen LogP contribution < -0.4 is 0 Å². The number of hydrogen-bond donors (Lipinski definition) is 1. The lowest BCUT2D eigenvalue weighted by Crippen LogP contribution is -2.40. The van der Waals surface area contributed by atoms with Gasteiger partial charge >= 0.3 is 0 Å². The van der Waals surface area contributed by atoms with Gasteiger partial charge in [-0.3, -0.25) is 14.5 Å². The minimum Gasteiger partial charge on any atom is -0.389 e. The zero-order valence-corrected chi connectivity index (χ0v) is 13.2. The number of ether oxygens (including phenoxy) is 1. The van der Waals surface area contributed by atoms with Crippen LogP contribution in [-0.2, 0) is 20.9 Å². The maximum absolute atomic E-state index is 12.5. The zero-order valence-electron chi connectivity index (χ0n) is 13.2. The van der Waals surface area contributed by atoms with Crippen molar-refractivity contribution in [2.45, 2.75) is 44.8 Å². The number of aliphatic hydroxyl groups is 1. The van der Waals surface area contributed by atoms with E-state index >= 15 is 0 Å². The van der Waals surface area contributed by atoms with Crippen molar-refractivity contribution >= 4 is 11.8 Å². The van der Waals surface area contributed by atoms with E-state index in [-0.39, 0.29) is 25.0 Å². The number of carbonyl (C=O) groups excluding carboxylic acids is 2. The molecule has 2 amide bonds. The Bertz CT molecular complexity index is 566. The molecule has 1 spiro atoms. The summed E-state index contributed by atoms with van der Waals surface area (Å²) in [4.78, 5) is 25.9. The molecular formula is C18H23NO4. The standard InChI is InChI=1S/C18H23NO4/c20-15(13-23-12-14-6-2-1-3-7-14)11-19-16(21)10-18(17(19)22)8-4-5-9-18/h1-3,6-7,15,20H,4-5,8-13H2/t15-/m0/s1. The molecule has 5 heteroatoms. The highest BCUT2D eigenvalue weighted by Gasteiger charge is 2.52. The summed E-state index contributed by atoms with van der Waals surface area (Å²) in [7, 11) is 0. The molecule has 1 saturated carbocycles. The first kappa shape index (κ1) is 16.1. The Morgan fingerprint density at radius 1 is 1.17 bits per heavy atom. The van der Waals surface area contributed by atoms with Crippen molar-refractivity contribution in [3.05, 3.63) is 35.9 Å². The minimum absolute atomic E-state index is 0.0359. The Morgan fingerprint density at radius 3 is 2.57 bits per heavy atom. The number of imide groups is 1. The molecule has 1 aromatic carbocycles. The lowest BCUT2D eigenvalue weighted by Gasteiger charge is -2.22. The predicted octanol–water partition coefficient (Wildman–Crippen LogP) is 1.88. The van der Waals surface area contributed by atoms with Gasteiger partial charge in [0.2, 0.25) is 11.8 Å². The van der Waals surface area contributed by atoms with Gasteiger partial charge in [0.25, 0.3) is 0 Å². The minimum atomic E-state index is -0.844. The first-order valence-electron chi connectivity index (χ1n) is 8.25. The third-order valence-corrected chi connectivity index (χ3v) is 4.87. The molecule has 3 rings (SSSR count). The summed E-state index contributed by atoms with van der Waals surface area (Å²) in [6, 6.07) is 9.69. The molecule has 1 aromatic rings. The molecule has 5 nitrogen and oxygen atoms in total. The Labute approximate surface area is 136 Å². The van der Waals surface area contributed by atoms with Crippen LogP contribution in [0.5, 0.6) is 0 Å². The summed E-state index contributed by atoms with van der Waals surface area (Å²) >= 11 is 0. The monoisotopic (exact) mass is 317 g/mol. The van der Waals surface area contributed by atoms with Crippen molar-refractivity contribution in [3.8, 4) is 0 Å². The van der Waals surface area contributed by atoms with E-state index in [4.69, 9.17) is 4.74 Å². The van der Waals surface area contributed by atoms with Crippen molar-refractivity contribution in [1.29, 1.82) is 0 Å². The van der Waals surface area contributed by atoms with Crippen LogP contribution in [0.4, 0.5) is 0 Å². The van der Waals surface area contributed by atoms with E-state index in [0.717, 1.165) is 31.2 Å². The molecular weight excluding hydrogens is 294 g/mol. The number of amides is 2. The van der Waals surface area contributed by atoms with Crippen molar-refractivity contribution in [2.24, 2.45) is 5.41 Å². The van der Waals surface area contributed by atoms with Gasteiger partial charge in [-0.15, -0.1) is 0 Å². The van der Waals surface area contributed by atoms with Crippen LogP contribution in [0.3, 0.4) is 0 Å². The fourth-order valence-electron chi connectivity index (χ4n) is 3.64. The summed E-state index contributed by atoms with van der Waals surface area (Å²) < 4.78 is 5.48. The number of hydrogen-bond acceptors (Lipinski definition) is 4. The number of likely N-dealkylation sites (tertiary alicyclic amines) is 1. The number of β-amino-alcohol motifs (C(OH)–C–C–N with tert-alkyl or cyclic N) is 1. The summed E-state index contributed by atoms with van der Waals surface area (Å²) in [5.74, 6) is -0.249. The van der Waals surface area contributed by atoms with E-state index in [1.165, 1.54) is 4.90 Å². The van der Waals surface area contributed by atoms with Gasteiger partial charge in [0, 0.05) is 6.42 Å². The normalized spacial score (nSPS) is 21.3. The van der Waals surface area contributed by atoms with E-state index in [9.17, 15) is 14.7 Å². The maximum atomic E-state index is 12.5. The molecule has 0 unspecified atom stereocenters. The third-order valence-electron chi connectivity index (χ3n) is 4.87. The average molecular weight is 317 g/mol. The number of nitrogens with zero attached hydrogens (tertiary/aromatic N) is 1. The van der Waals surface area contributed by atoms with E-state index in [0.29, 0.717) is 13.0 Å². The van der Waals surface area contributed by atoms with Gasteiger partial charge in [-0.1, -0.05) is 43.2 Å². The van der Waals surface area contributed by atoms with E-state index in [1.807, 2.05) is 30.3 Å². The van der Waals surface area contributed by atoms with Gasteiger partial charge in [0.1, 0.15) is 0 Å². The van der Waals surface area contributed by atoms with Crippen LogP contribution in [0.25, 0.3) is 0 Å². The van der Waals surface area contributed by atoms with Gasteiger partial charge in [-0.05, 0) is 18.4 Å². The van der Waals surface area contributed by atoms with E-state index in [2.05, 4.69) is 0 Å². The van der Waals surface area contributed by atoms with E-state index < -0.39 is 11.5 Å². The maximum Gasteiger partial charge on any atom is 0.235 e. The highest BCUT2D eigenvalue weighted by molar-refractivity contribution is 6.06. The smallest absolute Gasteiger partial charge is 0.235 e. The fourth-order valence-corrected chi connectivity index (χ4v) is 3.64. The molecule has 1 heterocycles. The first-order chi connectivity index (χ1) is 11.1. The van der Waals surface area contributed by atoms with E-state index in [1.54, 1.807) is 0 Å². The Morgan fingerprint density at radius 2 is 1.87 bits per heavy atom. The number of carbonyl (C=O) groups is 2. The second-order valence-electron chi connectivity index (χ2n) is 6.63. The van der Waals surface area contributed by atoms with Gasteiger partial charge in [-0.2, -0.15) is 0 Å². The van der Waals surface area contributed by atoms with Gasteiger partial charge in [-0.25, -0.2) is 0 Å². The molecule has 1 saturated heterocycles. The molecule has 1 aliphatic heterocycles. The number of rotatable bonds is 6. The summed E-state index contributed by atoms with van der Waals surface area (Å²) in [6.45, 7) is 0.552. The second-order valence-corrected chi connectivity index (χ2v) is 6.63. The summed E-state index contributed by atoms with van der Waals surface area (Å²) in [5, 5.41) is 10.1. The molecule has 23 heavy (non-hydrogen) atoms. The molecule has 1 N–H and O–H groups in total. The fraction of sp³-hybridized carbons (Fsp3) is 0.556. The lowest BCUT2D eigenvalue weighted by atomic mass is 9.84. The van der Waals surface area contributed by atoms with Gasteiger partial charge in [0.15, 0.2) is 0 Å². The van der Waals surface area contributed by atoms with Crippen molar-refractivity contribution in [1.82, 2.24) is 4.90 Å². The molecule has 124 valence electrons. The highest BCUT2D eigenvalue weighted by atomic mass is 16.5. The largest absolute Gasteiger partial charge is 0.389 e.